The van der Waals surface area contributed by atoms with Crippen molar-refractivity contribution >= 4 is 17.6 Å². The molecular weight excluding hydrogens is 322 g/mol. The molecule has 2 aromatic rings. The lowest BCUT2D eigenvalue weighted by atomic mass is 10.0. The number of aromatic nitrogens is 1. The van der Waals surface area contributed by atoms with Gasteiger partial charge in [0.05, 0.1) is 0 Å². The Morgan fingerprint density at radius 3 is 2.52 bits per heavy atom. The summed E-state index contributed by atoms with van der Waals surface area (Å²) in [5.74, 6) is -1.02. The van der Waals surface area contributed by atoms with Gasteiger partial charge in [0.2, 0.25) is 0 Å². The van der Waals surface area contributed by atoms with Gasteiger partial charge in [0.25, 0.3) is 11.8 Å². The maximum absolute atomic E-state index is 12.2. The van der Waals surface area contributed by atoms with Gasteiger partial charge in [-0.05, 0) is 25.0 Å². The maximum Gasteiger partial charge on any atom is 0.286 e. The third-order valence-corrected chi connectivity index (χ3v) is 4.06. The smallest absolute Gasteiger partial charge is 0.286 e. The van der Waals surface area contributed by atoms with Gasteiger partial charge in [-0.2, -0.15) is 0 Å². The number of Topliss-reactive ketones (excluding diaryl/α,β-unsaturated/α-hetero) is 1. The zero-order chi connectivity index (χ0) is 17.8. The van der Waals surface area contributed by atoms with Gasteiger partial charge in [0.1, 0.15) is 11.7 Å². The summed E-state index contributed by atoms with van der Waals surface area (Å²) in [5, 5.41) is 0. The minimum absolute atomic E-state index is 0.0224. The molecule has 2 heterocycles. The SMILES string of the molecule is CC(=O)c1c[nH]c(C(=O)NNC(=O)C2CC(c3ccccc3)NN2)c1. The summed E-state index contributed by atoms with van der Waals surface area (Å²) in [6.45, 7) is 1.41. The van der Waals surface area contributed by atoms with Crippen LogP contribution in [0.1, 0.15) is 45.8 Å². The van der Waals surface area contributed by atoms with Crippen molar-refractivity contribution in [3.8, 4) is 0 Å². The lowest BCUT2D eigenvalue weighted by Gasteiger charge is -2.11. The highest BCUT2D eigenvalue weighted by atomic mass is 16.2. The highest BCUT2D eigenvalue weighted by Crippen LogP contribution is 2.21. The number of carbonyl (C=O) groups excluding carboxylic acids is 3. The average Bonchev–Trinajstić information content (AvgIpc) is 3.29. The first-order chi connectivity index (χ1) is 12.0. The molecule has 0 spiro atoms. The number of hydrazine groups is 2. The van der Waals surface area contributed by atoms with Crippen LogP contribution in [-0.2, 0) is 4.79 Å². The molecule has 3 rings (SSSR count). The number of hydrogen-bond donors (Lipinski definition) is 5. The summed E-state index contributed by atoms with van der Waals surface area (Å²) in [6, 6.07) is 10.8. The molecule has 0 saturated carbocycles. The van der Waals surface area contributed by atoms with Crippen molar-refractivity contribution in [3.05, 3.63) is 59.4 Å². The molecular formula is C17H19N5O3. The van der Waals surface area contributed by atoms with Crippen molar-refractivity contribution in [2.45, 2.75) is 25.4 Å². The van der Waals surface area contributed by atoms with E-state index in [0.29, 0.717) is 12.0 Å². The van der Waals surface area contributed by atoms with Crippen molar-refractivity contribution in [2.75, 3.05) is 0 Å². The quantitative estimate of drug-likeness (QED) is 0.412. The molecule has 5 N–H and O–H groups in total. The minimum atomic E-state index is -0.522. The Bertz CT molecular complexity index is 787. The van der Waals surface area contributed by atoms with Gasteiger partial charge in [-0.3, -0.25) is 25.2 Å². The zero-order valence-electron chi connectivity index (χ0n) is 13.6. The summed E-state index contributed by atoms with van der Waals surface area (Å²) in [6.07, 6.45) is 2.01. The summed E-state index contributed by atoms with van der Waals surface area (Å²) < 4.78 is 0. The summed E-state index contributed by atoms with van der Waals surface area (Å²) >= 11 is 0. The van der Waals surface area contributed by atoms with E-state index in [-0.39, 0.29) is 23.4 Å². The highest BCUT2D eigenvalue weighted by Gasteiger charge is 2.30. The number of nitrogens with one attached hydrogen (secondary N) is 5. The summed E-state index contributed by atoms with van der Waals surface area (Å²) in [7, 11) is 0. The van der Waals surface area contributed by atoms with Crippen LogP contribution in [0.2, 0.25) is 0 Å². The Morgan fingerprint density at radius 2 is 1.84 bits per heavy atom. The van der Waals surface area contributed by atoms with Crippen LogP contribution >= 0.6 is 0 Å². The second kappa shape index (κ2) is 7.29. The van der Waals surface area contributed by atoms with Crippen molar-refractivity contribution in [1.82, 2.24) is 26.7 Å². The van der Waals surface area contributed by atoms with Crippen molar-refractivity contribution in [2.24, 2.45) is 0 Å². The predicted octanol–water partition coefficient (Wildman–Crippen LogP) is 0.586. The van der Waals surface area contributed by atoms with E-state index in [1.807, 2.05) is 30.3 Å². The van der Waals surface area contributed by atoms with Crippen LogP contribution in [0, 0.1) is 0 Å². The van der Waals surface area contributed by atoms with Gasteiger partial charge in [-0.25, -0.2) is 10.9 Å². The topological polar surface area (TPSA) is 115 Å². The molecule has 1 aromatic carbocycles. The van der Waals surface area contributed by atoms with Gasteiger partial charge >= 0.3 is 0 Å². The molecule has 2 atom stereocenters. The second-order valence-electron chi connectivity index (χ2n) is 5.84. The summed E-state index contributed by atoms with van der Waals surface area (Å²) in [5.41, 5.74) is 12.4. The van der Waals surface area contributed by atoms with E-state index in [4.69, 9.17) is 0 Å². The molecule has 1 aliphatic rings. The van der Waals surface area contributed by atoms with E-state index in [2.05, 4.69) is 26.7 Å². The predicted molar refractivity (Wildman–Crippen MR) is 90.3 cm³/mol. The Morgan fingerprint density at radius 1 is 1.08 bits per heavy atom. The number of carbonyl (C=O) groups is 3. The molecule has 8 nitrogen and oxygen atoms in total. The number of hydrogen-bond acceptors (Lipinski definition) is 5. The third kappa shape index (κ3) is 3.93. The first kappa shape index (κ1) is 16.9. The van der Waals surface area contributed by atoms with E-state index in [1.165, 1.54) is 19.2 Å². The standard InChI is InChI=1S/C17H19N5O3/c1-10(23)12-7-14(18-9-12)16(24)21-22-17(25)15-8-13(19-20-15)11-5-3-2-4-6-11/h2-7,9,13,15,18-20H,8H2,1H3,(H,21,24)(H,22,25). The van der Waals surface area contributed by atoms with Crippen LogP contribution < -0.4 is 21.7 Å². The van der Waals surface area contributed by atoms with Crippen molar-refractivity contribution in [1.29, 1.82) is 0 Å². The van der Waals surface area contributed by atoms with Gasteiger partial charge in [0, 0.05) is 17.8 Å². The van der Waals surface area contributed by atoms with Gasteiger partial charge in [0.15, 0.2) is 5.78 Å². The Kier molecular flexibility index (Phi) is 4.92. The van der Waals surface area contributed by atoms with Gasteiger partial charge < -0.3 is 4.98 Å². The molecule has 8 heteroatoms. The molecule has 130 valence electrons. The number of H-pyrrole nitrogens is 1. The molecule has 1 aromatic heterocycles. The van der Waals surface area contributed by atoms with Crippen LogP contribution in [0.4, 0.5) is 0 Å². The molecule has 0 aliphatic carbocycles. The van der Waals surface area contributed by atoms with E-state index in [0.717, 1.165) is 5.56 Å². The zero-order valence-corrected chi connectivity index (χ0v) is 13.6. The fourth-order valence-corrected chi connectivity index (χ4v) is 2.63. The largest absolute Gasteiger partial charge is 0.356 e. The molecule has 0 bridgehead atoms. The van der Waals surface area contributed by atoms with Crippen molar-refractivity contribution < 1.29 is 14.4 Å². The average molecular weight is 341 g/mol. The number of ketones is 1. The Hall–Kier alpha value is -2.97. The fraction of sp³-hybridized carbons (Fsp3) is 0.235. The van der Waals surface area contributed by atoms with Crippen LogP contribution in [0.25, 0.3) is 0 Å². The van der Waals surface area contributed by atoms with Crippen LogP contribution in [0.3, 0.4) is 0 Å². The highest BCUT2D eigenvalue weighted by molar-refractivity contribution is 5.99. The van der Waals surface area contributed by atoms with E-state index in [9.17, 15) is 14.4 Å². The van der Waals surface area contributed by atoms with Crippen LogP contribution in [-0.4, -0.2) is 28.6 Å². The lowest BCUT2D eigenvalue weighted by Crippen LogP contribution is -2.50. The molecule has 1 aliphatic heterocycles. The van der Waals surface area contributed by atoms with Gasteiger partial charge in [-0.15, -0.1) is 0 Å². The monoisotopic (exact) mass is 341 g/mol. The maximum atomic E-state index is 12.2. The molecule has 2 unspecified atom stereocenters. The fourth-order valence-electron chi connectivity index (χ4n) is 2.63. The normalized spacial score (nSPS) is 19.4. The third-order valence-electron chi connectivity index (χ3n) is 4.06. The number of rotatable bonds is 4. The Balaban J connectivity index is 1.51. The lowest BCUT2D eigenvalue weighted by molar-refractivity contribution is -0.123. The first-order valence-corrected chi connectivity index (χ1v) is 7.90. The van der Waals surface area contributed by atoms with E-state index < -0.39 is 11.9 Å². The first-order valence-electron chi connectivity index (χ1n) is 7.90. The molecule has 0 radical (unpaired) electrons. The van der Waals surface area contributed by atoms with E-state index >= 15 is 0 Å². The minimum Gasteiger partial charge on any atom is -0.356 e. The second-order valence-corrected chi connectivity index (χ2v) is 5.84. The molecule has 1 fully saturated rings. The van der Waals surface area contributed by atoms with Gasteiger partial charge in [-0.1, -0.05) is 30.3 Å². The van der Waals surface area contributed by atoms with Crippen LogP contribution in [0.15, 0.2) is 42.6 Å². The number of aromatic amines is 1. The molecule has 25 heavy (non-hydrogen) atoms. The van der Waals surface area contributed by atoms with E-state index in [1.54, 1.807) is 0 Å². The molecule has 2 amide bonds. The molecule has 1 saturated heterocycles. The number of amides is 2. The van der Waals surface area contributed by atoms with Crippen molar-refractivity contribution in [3.63, 3.8) is 0 Å². The Labute approximate surface area is 144 Å². The summed E-state index contributed by atoms with van der Waals surface area (Å²) in [4.78, 5) is 38.1. The van der Waals surface area contributed by atoms with Crippen LogP contribution in [0.5, 0.6) is 0 Å². The number of benzene rings is 1.